The van der Waals surface area contributed by atoms with Crippen molar-refractivity contribution in [3.05, 3.63) is 78.5 Å². The molecule has 0 aliphatic heterocycles. The van der Waals surface area contributed by atoms with Crippen molar-refractivity contribution in [2.24, 2.45) is 0 Å². The van der Waals surface area contributed by atoms with Gasteiger partial charge in [-0.25, -0.2) is 9.67 Å². The van der Waals surface area contributed by atoms with Gasteiger partial charge in [-0.05, 0) is 28.1 Å². The minimum Gasteiger partial charge on any atom is -0.349 e. The van der Waals surface area contributed by atoms with Crippen LogP contribution in [0.3, 0.4) is 0 Å². The van der Waals surface area contributed by atoms with Gasteiger partial charge in [0.15, 0.2) is 0 Å². The molecule has 0 saturated heterocycles. The first-order chi connectivity index (χ1) is 12.8. The standard InChI is InChI=1S/C18H17N7O/c26-18(19-11-15-12-24-9-5-4-8-17(24)21-15)16(25-13-20-22-23-25)10-14-6-2-1-3-7-14/h1-9,12-13,16H,10-11H2,(H,19,26). The van der Waals surface area contributed by atoms with Crippen LogP contribution in [-0.2, 0) is 17.8 Å². The van der Waals surface area contributed by atoms with Crippen LogP contribution < -0.4 is 5.32 Å². The fourth-order valence-corrected chi connectivity index (χ4v) is 2.82. The fourth-order valence-electron chi connectivity index (χ4n) is 2.82. The minimum atomic E-state index is -0.524. The van der Waals surface area contributed by atoms with E-state index >= 15 is 0 Å². The number of nitrogens with zero attached hydrogens (tertiary/aromatic N) is 6. The Hall–Kier alpha value is -3.55. The topological polar surface area (TPSA) is 90.0 Å². The van der Waals surface area contributed by atoms with Gasteiger partial charge in [0.2, 0.25) is 5.91 Å². The van der Waals surface area contributed by atoms with Crippen LogP contribution in [0, 0.1) is 0 Å². The summed E-state index contributed by atoms with van der Waals surface area (Å²) in [7, 11) is 0. The Morgan fingerprint density at radius 1 is 1.12 bits per heavy atom. The van der Waals surface area contributed by atoms with Crippen LogP contribution >= 0.6 is 0 Å². The monoisotopic (exact) mass is 347 g/mol. The largest absolute Gasteiger partial charge is 0.349 e. The van der Waals surface area contributed by atoms with Crippen molar-refractivity contribution in [3.63, 3.8) is 0 Å². The molecule has 1 amide bonds. The molecule has 0 aliphatic rings. The molecule has 8 heteroatoms. The van der Waals surface area contributed by atoms with Gasteiger partial charge >= 0.3 is 0 Å². The zero-order valence-electron chi connectivity index (χ0n) is 13.9. The van der Waals surface area contributed by atoms with Gasteiger partial charge in [-0.1, -0.05) is 36.4 Å². The number of benzene rings is 1. The van der Waals surface area contributed by atoms with Crippen molar-refractivity contribution in [2.75, 3.05) is 0 Å². The third-order valence-corrected chi connectivity index (χ3v) is 4.12. The normalized spacial score (nSPS) is 12.2. The van der Waals surface area contributed by atoms with Crippen LogP contribution in [0.15, 0.2) is 67.3 Å². The molecule has 0 aliphatic carbocycles. The fraction of sp³-hybridized carbons (Fsp3) is 0.167. The molecule has 3 aromatic heterocycles. The number of rotatable bonds is 6. The first kappa shape index (κ1) is 15.9. The molecule has 0 spiro atoms. The van der Waals surface area contributed by atoms with E-state index in [9.17, 15) is 4.79 Å². The molecule has 0 saturated carbocycles. The van der Waals surface area contributed by atoms with E-state index in [0.29, 0.717) is 13.0 Å². The second-order valence-electron chi connectivity index (χ2n) is 5.91. The maximum Gasteiger partial charge on any atom is 0.245 e. The van der Waals surface area contributed by atoms with Crippen molar-refractivity contribution in [1.29, 1.82) is 0 Å². The van der Waals surface area contributed by atoms with Gasteiger partial charge in [0.25, 0.3) is 0 Å². The summed E-state index contributed by atoms with van der Waals surface area (Å²) in [5.41, 5.74) is 2.67. The predicted molar refractivity (Wildman–Crippen MR) is 94.0 cm³/mol. The van der Waals surface area contributed by atoms with Gasteiger partial charge in [-0.3, -0.25) is 4.79 Å². The lowest BCUT2D eigenvalue weighted by atomic mass is 10.1. The van der Waals surface area contributed by atoms with Crippen LogP contribution in [0.25, 0.3) is 5.65 Å². The third kappa shape index (κ3) is 3.44. The van der Waals surface area contributed by atoms with E-state index in [2.05, 4.69) is 25.8 Å². The SMILES string of the molecule is O=C(NCc1cn2ccccc2n1)C(Cc1ccccc1)n1cnnn1. The first-order valence-electron chi connectivity index (χ1n) is 8.26. The summed E-state index contributed by atoms with van der Waals surface area (Å²) in [6.45, 7) is 0.341. The summed E-state index contributed by atoms with van der Waals surface area (Å²) in [6, 6.07) is 15.1. The summed E-state index contributed by atoms with van der Waals surface area (Å²) in [5, 5.41) is 14.1. The summed E-state index contributed by atoms with van der Waals surface area (Å²) in [4.78, 5) is 17.3. The van der Waals surface area contributed by atoms with Crippen molar-refractivity contribution >= 4 is 11.6 Å². The second kappa shape index (κ2) is 7.14. The lowest BCUT2D eigenvalue weighted by Crippen LogP contribution is -2.34. The van der Waals surface area contributed by atoms with E-state index < -0.39 is 6.04 Å². The zero-order valence-corrected chi connectivity index (χ0v) is 13.9. The van der Waals surface area contributed by atoms with Crippen LogP contribution in [0.4, 0.5) is 0 Å². The molecule has 0 bridgehead atoms. The zero-order chi connectivity index (χ0) is 17.8. The smallest absolute Gasteiger partial charge is 0.245 e. The van der Waals surface area contributed by atoms with Crippen molar-refractivity contribution in [1.82, 2.24) is 34.9 Å². The summed E-state index contributed by atoms with van der Waals surface area (Å²) < 4.78 is 3.40. The number of carbonyl (C=O) groups excluding carboxylic acids is 1. The Kier molecular flexibility index (Phi) is 4.38. The van der Waals surface area contributed by atoms with Crippen molar-refractivity contribution in [3.8, 4) is 0 Å². The predicted octanol–water partition coefficient (Wildman–Crippen LogP) is 1.42. The molecule has 8 nitrogen and oxygen atoms in total. The van der Waals surface area contributed by atoms with Crippen LogP contribution in [-0.4, -0.2) is 35.5 Å². The molecule has 0 fully saturated rings. The molecule has 1 atom stereocenters. The molecular weight excluding hydrogens is 330 g/mol. The Morgan fingerprint density at radius 2 is 1.96 bits per heavy atom. The lowest BCUT2D eigenvalue weighted by Gasteiger charge is -2.16. The number of aromatic nitrogens is 6. The third-order valence-electron chi connectivity index (χ3n) is 4.12. The van der Waals surface area contributed by atoms with Gasteiger partial charge in [-0.15, -0.1) is 5.10 Å². The Balaban J connectivity index is 1.49. The van der Waals surface area contributed by atoms with E-state index in [1.54, 1.807) is 0 Å². The second-order valence-corrected chi connectivity index (χ2v) is 5.91. The average molecular weight is 347 g/mol. The number of hydrogen-bond donors (Lipinski definition) is 1. The molecule has 130 valence electrons. The summed E-state index contributed by atoms with van der Waals surface area (Å²) >= 11 is 0. The molecule has 1 N–H and O–H groups in total. The Bertz CT molecular complexity index is 962. The minimum absolute atomic E-state index is 0.154. The number of amides is 1. The van der Waals surface area contributed by atoms with Crippen molar-refractivity contribution in [2.45, 2.75) is 19.0 Å². The van der Waals surface area contributed by atoms with E-state index in [1.165, 1.54) is 11.0 Å². The highest BCUT2D eigenvalue weighted by molar-refractivity contribution is 5.80. The highest BCUT2D eigenvalue weighted by Gasteiger charge is 2.22. The molecule has 4 aromatic rings. The van der Waals surface area contributed by atoms with Gasteiger partial charge in [0.1, 0.15) is 18.0 Å². The number of hydrogen-bond acceptors (Lipinski definition) is 5. The number of fused-ring (bicyclic) bond motifs is 1. The maximum absolute atomic E-state index is 12.8. The maximum atomic E-state index is 12.8. The molecule has 26 heavy (non-hydrogen) atoms. The number of imidazole rings is 1. The van der Waals surface area contributed by atoms with Crippen LogP contribution in [0.1, 0.15) is 17.3 Å². The number of carbonyl (C=O) groups is 1. The van der Waals surface area contributed by atoms with E-state index in [1.807, 2.05) is 65.3 Å². The average Bonchev–Trinajstić information content (AvgIpc) is 3.34. The van der Waals surface area contributed by atoms with E-state index in [-0.39, 0.29) is 5.91 Å². The Labute approximate surface area is 149 Å². The number of pyridine rings is 1. The van der Waals surface area contributed by atoms with Crippen molar-refractivity contribution < 1.29 is 4.79 Å². The van der Waals surface area contributed by atoms with Gasteiger partial charge in [0, 0.05) is 18.8 Å². The lowest BCUT2D eigenvalue weighted by molar-refractivity contribution is -0.124. The van der Waals surface area contributed by atoms with Gasteiger partial charge in [-0.2, -0.15) is 0 Å². The molecule has 4 rings (SSSR count). The first-order valence-corrected chi connectivity index (χ1v) is 8.26. The molecular formula is C18H17N7O. The molecule has 1 aromatic carbocycles. The van der Waals surface area contributed by atoms with Crippen LogP contribution in [0.2, 0.25) is 0 Å². The van der Waals surface area contributed by atoms with Crippen LogP contribution in [0.5, 0.6) is 0 Å². The Morgan fingerprint density at radius 3 is 2.73 bits per heavy atom. The van der Waals surface area contributed by atoms with E-state index in [0.717, 1.165) is 16.9 Å². The molecule has 0 radical (unpaired) electrons. The highest BCUT2D eigenvalue weighted by atomic mass is 16.2. The number of nitrogens with one attached hydrogen (secondary N) is 1. The molecule has 3 heterocycles. The van der Waals surface area contributed by atoms with Gasteiger partial charge in [0.05, 0.1) is 12.2 Å². The number of tetrazole rings is 1. The molecule has 1 unspecified atom stereocenters. The quantitative estimate of drug-likeness (QED) is 0.570. The summed E-state index contributed by atoms with van der Waals surface area (Å²) in [5.74, 6) is -0.154. The summed E-state index contributed by atoms with van der Waals surface area (Å²) in [6.07, 6.45) is 5.78. The highest BCUT2D eigenvalue weighted by Crippen LogP contribution is 2.13. The van der Waals surface area contributed by atoms with E-state index in [4.69, 9.17) is 0 Å². The van der Waals surface area contributed by atoms with Gasteiger partial charge < -0.3 is 9.72 Å².